The molecule has 3 N–H and O–H groups in total. The first-order chi connectivity index (χ1) is 11.9. The van der Waals surface area contributed by atoms with Crippen molar-refractivity contribution >= 4 is 33.3 Å². The number of carbonyl (C=O) groups excluding carboxylic acids is 2. The number of halogens is 1. The molecule has 8 heteroatoms. The minimum absolute atomic E-state index is 0.0572. The Kier molecular flexibility index (Phi) is 5.55. The molecule has 0 heterocycles. The predicted octanol–water partition coefficient (Wildman–Crippen LogP) is 2.75. The molecule has 0 bridgehead atoms. The number of nitrogens with one attached hydrogen (secondary N) is 1. The molecule has 2 aromatic rings. The molecule has 0 aromatic heterocycles. The maximum absolute atomic E-state index is 12.6. The van der Waals surface area contributed by atoms with Gasteiger partial charge in [-0.25, -0.2) is 13.6 Å². The van der Waals surface area contributed by atoms with Gasteiger partial charge in [0.05, 0.1) is 5.02 Å². The fourth-order valence-electron chi connectivity index (χ4n) is 2.22. The van der Waals surface area contributed by atoms with E-state index >= 15 is 0 Å². The lowest BCUT2D eigenvalue weighted by atomic mass is 10.0. The molecule has 0 aliphatic carbocycles. The van der Waals surface area contributed by atoms with Gasteiger partial charge in [0, 0.05) is 22.2 Å². The number of amides is 1. The maximum atomic E-state index is 12.6. The number of nitrogens with two attached hydrogens (primary N) is 1. The molecule has 0 saturated carbocycles. The van der Waals surface area contributed by atoms with Crippen molar-refractivity contribution in [3.63, 3.8) is 0 Å². The lowest BCUT2D eigenvalue weighted by Crippen LogP contribution is -2.40. The van der Waals surface area contributed by atoms with Gasteiger partial charge in [-0.2, -0.15) is 0 Å². The summed E-state index contributed by atoms with van der Waals surface area (Å²) in [7, 11) is -4.04. The number of primary sulfonamides is 1. The van der Waals surface area contributed by atoms with E-state index in [2.05, 4.69) is 5.32 Å². The zero-order valence-electron chi connectivity index (χ0n) is 14.5. The number of benzene rings is 2. The van der Waals surface area contributed by atoms with Crippen molar-refractivity contribution in [2.45, 2.75) is 31.2 Å². The number of hydrogen-bond donors (Lipinski definition) is 2. The van der Waals surface area contributed by atoms with Crippen molar-refractivity contribution in [3.05, 3.63) is 64.2 Å². The SMILES string of the molecule is CC(C)(C)NC(=O)c1ccc(C(=O)c2ccc(Cl)c(S(N)(=O)=O)c2)cc1. The van der Waals surface area contributed by atoms with Gasteiger partial charge in [0.25, 0.3) is 5.91 Å². The van der Waals surface area contributed by atoms with E-state index in [1.165, 1.54) is 36.4 Å². The van der Waals surface area contributed by atoms with Gasteiger partial charge in [-0.3, -0.25) is 9.59 Å². The summed E-state index contributed by atoms with van der Waals surface area (Å²) < 4.78 is 23.1. The van der Waals surface area contributed by atoms with Gasteiger partial charge >= 0.3 is 0 Å². The Bertz CT molecular complexity index is 962. The molecule has 0 fully saturated rings. The first-order valence-electron chi connectivity index (χ1n) is 7.68. The molecule has 2 aromatic carbocycles. The third-order valence-electron chi connectivity index (χ3n) is 3.40. The van der Waals surface area contributed by atoms with Crippen LogP contribution in [-0.2, 0) is 10.0 Å². The maximum Gasteiger partial charge on any atom is 0.251 e. The normalized spacial score (nSPS) is 11.9. The Morgan fingerprint density at radius 3 is 1.96 bits per heavy atom. The van der Waals surface area contributed by atoms with E-state index in [9.17, 15) is 18.0 Å². The fourth-order valence-corrected chi connectivity index (χ4v) is 3.29. The summed E-state index contributed by atoms with van der Waals surface area (Å²) in [5.74, 6) is -0.658. The van der Waals surface area contributed by atoms with E-state index in [0.717, 1.165) is 6.07 Å². The number of hydrogen-bond acceptors (Lipinski definition) is 4. The fraction of sp³-hybridized carbons (Fsp3) is 0.222. The first kappa shape index (κ1) is 20.1. The van der Waals surface area contributed by atoms with Gasteiger partial charge in [-0.05, 0) is 51.1 Å². The van der Waals surface area contributed by atoms with E-state index < -0.39 is 15.8 Å². The molecule has 6 nitrogen and oxygen atoms in total. The number of sulfonamides is 1. The van der Waals surface area contributed by atoms with Crippen LogP contribution in [0.4, 0.5) is 0 Å². The average Bonchev–Trinajstić information content (AvgIpc) is 2.52. The van der Waals surface area contributed by atoms with Crippen LogP contribution in [0.5, 0.6) is 0 Å². The Balaban J connectivity index is 2.30. The minimum atomic E-state index is -4.04. The van der Waals surface area contributed by atoms with Gasteiger partial charge < -0.3 is 5.32 Å². The molecule has 138 valence electrons. The molecule has 1 amide bonds. The van der Waals surface area contributed by atoms with E-state index in [1.54, 1.807) is 0 Å². The second-order valence-electron chi connectivity index (χ2n) is 6.80. The van der Waals surface area contributed by atoms with E-state index in [0.29, 0.717) is 11.1 Å². The smallest absolute Gasteiger partial charge is 0.251 e. The Hall–Kier alpha value is -2.22. The summed E-state index contributed by atoms with van der Waals surface area (Å²) in [6.07, 6.45) is 0. The van der Waals surface area contributed by atoms with Crippen LogP contribution in [0.3, 0.4) is 0 Å². The van der Waals surface area contributed by atoms with Gasteiger partial charge in [0.1, 0.15) is 4.90 Å². The molecule has 0 spiro atoms. The van der Waals surface area contributed by atoms with Crippen molar-refractivity contribution in [3.8, 4) is 0 Å². The molecule has 26 heavy (non-hydrogen) atoms. The van der Waals surface area contributed by atoms with Crippen molar-refractivity contribution in [1.29, 1.82) is 0 Å². The monoisotopic (exact) mass is 394 g/mol. The Morgan fingerprint density at radius 1 is 0.962 bits per heavy atom. The number of ketones is 1. The van der Waals surface area contributed by atoms with Gasteiger partial charge in [-0.1, -0.05) is 23.7 Å². The van der Waals surface area contributed by atoms with Crippen molar-refractivity contribution in [2.75, 3.05) is 0 Å². The summed E-state index contributed by atoms with van der Waals surface area (Å²) in [5, 5.41) is 7.87. The zero-order chi connectivity index (χ0) is 19.7. The Morgan fingerprint density at radius 2 is 1.46 bits per heavy atom. The van der Waals surface area contributed by atoms with E-state index in [4.69, 9.17) is 16.7 Å². The van der Waals surface area contributed by atoms with Crippen LogP contribution in [0.25, 0.3) is 0 Å². The lowest BCUT2D eigenvalue weighted by Gasteiger charge is -2.20. The second-order valence-corrected chi connectivity index (χ2v) is 8.74. The molecular weight excluding hydrogens is 376 g/mol. The van der Waals surface area contributed by atoms with Crippen LogP contribution < -0.4 is 10.5 Å². The summed E-state index contributed by atoms with van der Waals surface area (Å²) in [5.41, 5.74) is 0.474. The average molecular weight is 395 g/mol. The van der Waals surface area contributed by atoms with Gasteiger partial charge in [0.2, 0.25) is 10.0 Å². The highest BCUT2D eigenvalue weighted by atomic mass is 35.5. The number of carbonyl (C=O) groups is 2. The third-order valence-corrected chi connectivity index (χ3v) is 4.79. The van der Waals surface area contributed by atoms with Crippen molar-refractivity contribution in [1.82, 2.24) is 5.32 Å². The molecule has 0 aliphatic heterocycles. The van der Waals surface area contributed by atoms with Crippen LogP contribution >= 0.6 is 11.6 Å². The quantitative estimate of drug-likeness (QED) is 0.777. The Labute approximate surface area is 157 Å². The largest absolute Gasteiger partial charge is 0.347 e. The van der Waals surface area contributed by atoms with E-state index in [1.807, 2.05) is 20.8 Å². The standard InChI is InChI=1S/C18H19ClN2O4S/c1-18(2,3)21-17(23)12-6-4-11(5-7-12)16(22)13-8-9-14(19)15(10-13)26(20,24)25/h4-10H,1-3H3,(H,21,23)(H2,20,24,25). The highest BCUT2D eigenvalue weighted by Crippen LogP contribution is 2.23. The summed E-state index contributed by atoms with van der Waals surface area (Å²) in [6, 6.07) is 9.94. The van der Waals surface area contributed by atoms with E-state index in [-0.39, 0.29) is 26.9 Å². The van der Waals surface area contributed by atoms with Crippen LogP contribution in [0, 0.1) is 0 Å². The molecular formula is C18H19ClN2O4S. The zero-order valence-corrected chi connectivity index (χ0v) is 16.1. The summed E-state index contributed by atoms with van der Waals surface area (Å²) >= 11 is 5.82. The molecule has 2 rings (SSSR count). The molecule has 0 saturated heterocycles. The third kappa shape index (κ3) is 4.91. The topological polar surface area (TPSA) is 106 Å². The van der Waals surface area contributed by atoms with Crippen LogP contribution in [-0.4, -0.2) is 25.6 Å². The van der Waals surface area contributed by atoms with Crippen LogP contribution in [0.2, 0.25) is 5.02 Å². The van der Waals surface area contributed by atoms with Crippen molar-refractivity contribution in [2.24, 2.45) is 5.14 Å². The molecule has 0 radical (unpaired) electrons. The summed E-state index contributed by atoms with van der Waals surface area (Å²) in [4.78, 5) is 24.4. The summed E-state index contributed by atoms with van der Waals surface area (Å²) in [6.45, 7) is 5.60. The van der Waals surface area contributed by atoms with Gasteiger partial charge in [0.15, 0.2) is 5.78 Å². The highest BCUT2D eigenvalue weighted by molar-refractivity contribution is 7.89. The molecule has 0 aliphatic rings. The predicted molar refractivity (Wildman–Crippen MR) is 99.9 cm³/mol. The highest BCUT2D eigenvalue weighted by Gasteiger charge is 2.19. The first-order valence-corrected chi connectivity index (χ1v) is 9.60. The lowest BCUT2D eigenvalue weighted by molar-refractivity contribution is 0.0918. The molecule has 0 unspecified atom stereocenters. The van der Waals surface area contributed by atoms with Crippen LogP contribution in [0.15, 0.2) is 47.4 Å². The number of rotatable bonds is 4. The minimum Gasteiger partial charge on any atom is -0.347 e. The van der Waals surface area contributed by atoms with Gasteiger partial charge in [-0.15, -0.1) is 0 Å². The van der Waals surface area contributed by atoms with Crippen molar-refractivity contribution < 1.29 is 18.0 Å². The molecule has 0 atom stereocenters. The van der Waals surface area contributed by atoms with Crippen LogP contribution in [0.1, 0.15) is 47.1 Å². The second kappa shape index (κ2) is 7.19.